The van der Waals surface area contributed by atoms with Crippen LogP contribution >= 0.6 is 0 Å². The zero-order valence-electron chi connectivity index (χ0n) is 17.5. The molecule has 0 spiro atoms. The van der Waals surface area contributed by atoms with Crippen molar-refractivity contribution < 1.29 is 23.9 Å². The molecule has 3 aromatic rings. The molecule has 162 valence electrons. The number of hydrazine groups is 1. The number of carbonyl (C=O) groups excluding carboxylic acids is 4. The van der Waals surface area contributed by atoms with Gasteiger partial charge in [0.15, 0.2) is 0 Å². The average Bonchev–Trinajstić information content (AvgIpc) is 2.82. The fourth-order valence-corrected chi connectivity index (χ4v) is 2.83. The number of rotatable bonds is 5. The molecular weight excluding hydrogens is 410 g/mol. The van der Waals surface area contributed by atoms with E-state index in [2.05, 4.69) is 20.9 Å². The first-order valence-electron chi connectivity index (χ1n) is 9.64. The van der Waals surface area contributed by atoms with E-state index in [9.17, 15) is 19.2 Å². The van der Waals surface area contributed by atoms with Crippen LogP contribution < -0.4 is 16.2 Å². The van der Waals surface area contributed by atoms with Crippen LogP contribution in [0.3, 0.4) is 0 Å². The maximum Gasteiger partial charge on any atom is 0.337 e. The van der Waals surface area contributed by atoms with E-state index in [0.29, 0.717) is 22.4 Å². The number of methoxy groups -OCH3 is 1. The first-order valence-corrected chi connectivity index (χ1v) is 9.64. The third-order valence-electron chi connectivity index (χ3n) is 4.54. The van der Waals surface area contributed by atoms with Gasteiger partial charge in [0.1, 0.15) is 0 Å². The van der Waals surface area contributed by atoms with Crippen LogP contribution in [0.25, 0.3) is 0 Å². The summed E-state index contributed by atoms with van der Waals surface area (Å²) in [4.78, 5) is 48.2. The average molecular weight is 431 g/mol. The summed E-state index contributed by atoms with van der Waals surface area (Å²) < 4.78 is 4.60. The van der Waals surface area contributed by atoms with Crippen molar-refractivity contribution in [2.24, 2.45) is 0 Å². The topological polar surface area (TPSA) is 114 Å². The predicted octanol–water partition coefficient (Wildman–Crippen LogP) is 3.11. The summed E-state index contributed by atoms with van der Waals surface area (Å²) in [6, 6.07) is 19.2. The highest BCUT2D eigenvalue weighted by Gasteiger charge is 2.12. The van der Waals surface area contributed by atoms with Crippen molar-refractivity contribution in [2.45, 2.75) is 6.92 Å². The van der Waals surface area contributed by atoms with Gasteiger partial charge < -0.3 is 10.1 Å². The molecular formula is C24H21N3O5. The largest absolute Gasteiger partial charge is 0.465 e. The van der Waals surface area contributed by atoms with Crippen LogP contribution in [0.4, 0.5) is 5.69 Å². The summed E-state index contributed by atoms with van der Waals surface area (Å²) >= 11 is 0. The standard InChI is InChI=1S/C24H21N3O5/c1-15-4-3-5-19(14-15)21(28)25-20-12-10-17(11-13-20)23(30)27-26-22(29)16-6-8-18(9-7-16)24(31)32-2/h3-14H,1-2H3,(H,25,28)(H,26,29)(H,27,30). The molecule has 0 aliphatic rings. The minimum Gasteiger partial charge on any atom is -0.465 e. The molecule has 0 aliphatic heterocycles. The third-order valence-corrected chi connectivity index (χ3v) is 4.54. The monoisotopic (exact) mass is 431 g/mol. The molecule has 0 saturated heterocycles. The van der Waals surface area contributed by atoms with Crippen LogP contribution in [-0.2, 0) is 4.74 Å². The number of nitrogens with one attached hydrogen (secondary N) is 3. The van der Waals surface area contributed by atoms with E-state index >= 15 is 0 Å². The molecule has 0 aromatic heterocycles. The predicted molar refractivity (Wildman–Crippen MR) is 118 cm³/mol. The smallest absolute Gasteiger partial charge is 0.337 e. The molecule has 3 rings (SSSR count). The van der Waals surface area contributed by atoms with Gasteiger partial charge in [0.2, 0.25) is 0 Å². The highest BCUT2D eigenvalue weighted by molar-refractivity contribution is 6.05. The van der Waals surface area contributed by atoms with E-state index in [1.54, 1.807) is 30.3 Å². The molecule has 0 aliphatic carbocycles. The summed E-state index contributed by atoms with van der Waals surface area (Å²) in [6.07, 6.45) is 0. The normalized spacial score (nSPS) is 10.1. The van der Waals surface area contributed by atoms with Gasteiger partial charge in [-0.3, -0.25) is 25.2 Å². The number of anilines is 1. The summed E-state index contributed by atoms with van der Waals surface area (Å²) in [7, 11) is 1.27. The Kier molecular flexibility index (Phi) is 6.97. The Morgan fingerprint density at radius 3 is 1.72 bits per heavy atom. The summed E-state index contributed by atoms with van der Waals surface area (Å²) in [5.74, 6) is -1.84. The fraction of sp³-hybridized carbons (Fsp3) is 0.0833. The van der Waals surface area contributed by atoms with Gasteiger partial charge in [-0.2, -0.15) is 0 Å². The van der Waals surface area contributed by atoms with E-state index in [-0.39, 0.29) is 11.5 Å². The van der Waals surface area contributed by atoms with Gasteiger partial charge in [-0.1, -0.05) is 17.7 Å². The number of hydrogen-bond acceptors (Lipinski definition) is 5. The maximum absolute atomic E-state index is 12.3. The van der Waals surface area contributed by atoms with Crippen LogP contribution in [0.15, 0.2) is 72.8 Å². The van der Waals surface area contributed by atoms with Gasteiger partial charge in [0.05, 0.1) is 12.7 Å². The van der Waals surface area contributed by atoms with Gasteiger partial charge >= 0.3 is 5.97 Å². The highest BCUT2D eigenvalue weighted by atomic mass is 16.5. The lowest BCUT2D eigenvalue weighted by molar-refractivity contribution is 0.0600. The number of benzene rings is 3. The second-order valence-electron chi connectivity index (χ2n) is 6.88. The van der Waals surface area contributed by atoms with Gasteiger partial charge in [-0.15, -0.1) is 0 Å². The van der Waals surface area contributed by atoms with Crippen LogP contribution in [0.1, 0.15) is 47.0 Å². The van der Waals surface area contributed by atoms with E-state index in [1.807, 2.05) is 13.0 Å². The molecule has 0 atom stereocenters. The first kappa shape index (κ1) is 22.2. The Morgan fingerprint density at radius 1 is 0.656 bits per heavy atom. The molecule has 3 amide bonds. The molecule has 0 fully saturated rings. The Hall–Kier alpha value is -4.46. The lowest BCUT2D eigenvalue weighted by Gasteiger charge is -2.09. The van der Waals surface area contributed by atoms with Gasteiger partial charge in [-0.05, 0) is 67.6 Å². The van der Waals surface area contributed by atoms with Crippen LogP contribution in [0.5, 0.6) is 0 Å². The number of esters is 1. The van der Waals surface area contributed by atoms with Gasteiger partial charge in [0.25, 0.3) is 17.7 Å². The van der Waals surface area contributed by atoms with Gasteiger partial charge in [-0.25, -0.2) is 4.79 Å². The van der Waals surface area contributed by atoms with Crippen molar-refractivity contribution in [3.05, 3.63) is 101 Å². The zero-order chi connectivity index (χ0) is 23.1. The Labute approximate surface area is 184 Å². The maximum atomic E-state index is 12.3. The first-order chi connectivity index (χ1) is 15.4. The van der Waals surface area contributed by atoms with E-state index in [1.165, 1.54) is 43.5 Å². The Morgan fingerprint density at radius 2 is 1.19 bits per heavy atom. The molecule has 0 saturated carbocycles. The third kappa shape index (κ3) is 5.57. The molecule has 0 radical (unpaired) electrons. The van der Waals surface area contributed by atoms with Crippen molar-refractivity contribution >= 4 is 29.4 Å². The number of ether oxygens (including phenoxy) is 1. The molecule has 0 heterocycles. The minimum absolute atomic E-state index is 0.253. The number of hydrogen-bond donors (Lipinski definition) is 3. The Bertz CT molecular complexity index is 1160. The van der Waals surface area contributed by atoms with Crippen molar-refractivity contribution in [1.82, 2.24) is 10.9 Å². The zero-order valence-corrected chi connectivity index (χ0v) is 17.5. The number of aryl methyl sites for hydroxylation is 1. The summed E-state index contributed by atoms with van der Waals surface area (Å²) in [5, 5.41) is 2.77. The summed E-state index contributed by atoms with van der Waals surface area (Å²) in [5.41, 5.74) is 7.53. The number of amides is 3. The highest BCUT2D eigenvalue weighted by Crippen LogP contribution is 2.12. The van der Waals surface area contributed by atoms with Gasteiger partial charge in [0, 0.05) is 22.4 Å². The van der Waals surface area contributed by atoms with E-state index < -0.39 is 17.8 Å². The minimum atomic E-state index is -0.545. The van der Waals surface area contributed by atoms with E-state index in [4.69, 9.17) is 0 Å². The van der Waals surface area contributed by atoms with Crippen LogP contribution in [-0.4, -0.2) is 30.8 Å². The van der Waals surface area contributed by atoms with Crippen molar-refractivity contribution in [2.75, 3.05) is 12.4 Å². The van der Waals surface area contributed by atoms with Crippen LogP contribution in [0, 0.1) is 6.92 Å². The lowest BCUT2D eigenvalue weighted by Crippen LogP contribution is -2.41. The van der Waals surface area contributed by atoms with Crippen molar-refractivity contribution in [3.63, 3.8) is 0 Å². The van der Waals surface area contributed by atoms with Crippen molar-refractivity contribution in [1.29, 1.82) is 0 Å². The number of carbonyl (C=O) groups is 4. The second-order valence-corrected chi connectivity index (χ2v) is 6.88. The molecule has 32 heavy (non-hydrogen) atoms. The molecule has 0 unspecified atom stereocenters. The van der Waals surface area contributed by atoms with Crippen molar-refractivity contribution in [3.8, 4) is 0 Å². The lowest BCUT2D eigenvalue weighted by atomic mass is 10.1. The molecule has 3 N–H and O–H groups in total. The molecule has 3 aromatic carbocycles. The molecule has 8 heteroatoms. The summed E-state index contributed by atoms with van der Waals surface area (Å²) in [6.45, 7) is 1.90. The van der Waals surface area contributed by atoms with E-state index in [0.717, 1.165) is 5.56 Å². The second kappa shape index (κ2) is 10.0. The molecule has 0 bridgehead atoms. The SMILES string of the molecule is COC(=O)c1ccc(C(=O)NNC(=O)c2ccc(NC(=O)c3cccc(C)c3)cc2)cc1. The Balaban J connectivity index is 1.54. The fourth-order valence-electron chi connectivity index (χ4n) is 2.83. The van der Waals surface area contributed by atoms with Crippen LogP contribution in [0.2, 0.25) is 0 Å². The quantitative estimate of drug-likeness (QED) is 0.424. The molecule has 8 nitrogen and oxygen atoms in total.